The molecule has 0 aliphatic heterocycles. The van der Waals surface area contributed by atoms with E-state index in [9.17, 15) is 4.79 Å². The first-order chi connectivity index (χ1) is 10.3. The van der Waals surface area contributed by atoms with Gasteiger partial charge in [-0.25, -0.2) is 0 Å². The van der Waals surface area contributed by atoms with Gasteiger partial charge in [0.05, 0.1) is 6.54 Å². The standard InChI is InChI=1S/C18H21ClN2O/c1-18(2,3)13-7-9-15(10-8-13)21-17(22)12-20-16-6-4-5-14(19)11-16/h4-11,20H,12H2,1-3H3,(H,21,22). The van der Waals surface area contributed by atoms with Gasteiger partial charge in [0.25, 0.3) is 0 Å². The maximum Gasteiger partial charge on any atom is 0.243 e. The van der Waals surface area contributed by atoms with Crippen molar-refractivity contribution in [2.75, 3.05) is 17.2 Å². The molecule has 0 fully saturated rings. The number of halogens is 1. The Bertz CT molecular complexity index is 645. The van der Waals surface area contributed by atoms with Crippen LogP contribution in [0.5, 0.6) is 0 Å². The summed E-state index contributed by atoms with van der Waals surface area (Å²) in [5.74, 6) is -0.0940. The van der Waals surface area contributed by atoms with Crippen molar-refractivity contribution in [2.45, 2.75) is 26.2 Å². The predicted octanol–water partition coefficient (Wildman–Crippen LogP) is 4.69. The highest BCUT2D eigenvalue weighted by Gasteiger charge is 2.13. The number of anilines is 2. The summed E-state index contributed by atoms with van der Waals surface area (Å²) in [4.78, 5) is 11.9. The van der Waals surface area contributed by atoms with E-state index in [1.54, 1.807) is 12.1 Å². The molecule has 0 atom stereocenters. The van der Waals surface area contributed by atoms with Crippen molar-refractivity contribution in [3.63, 3.8) is 0 Å². The van der Waals surface area contributed by atoms with E-state index in [0.29, 0.717) is 5.02 Å². The Morgan fingerprint density at radius 1 is 1.05 bits per heavy atom. The van der Waals surface area contributed by atoms with Crippen LogP contribution in [0.4, 0.5) is 11.4 Å². The molecule has 2 aromatic carbocycles. The third-order valence-corrected chi connectivity index (χ3v) is 3.55. The fourth-order valence-electron chi connectivity index (χ4n) is 2.04. The SMILES string of the molecule is CC(C)(C)c1ccc(NC(=O)CNc2cccc(Cl)c2)cc1. The molecule has 0 bridgehead atoms. The smallest absolute Gasteiger partial charge is 0.243 e. The van der Waals surface area contributed by atoms with E-state index in [2.05, 4.69) is 31.4 Å². The minimum atomic E-state index is -0.0940. The van der Waals surface area contributed by atoms with Gasteiger partial charge >= 0.3 is 0 Å². The second kappa shape index (κ2) is 6.84. The summed E-state index contributed by atoms with van der Waals surface area (Å²) in [5, 5.41) is 6.56. The molecule has 22 heavy (non-hydrogen) atoms. The number of amides is 1. The number of nitrogens with one attached hydrogen (secondary N) is 2. The lowest BCUT2D eigenvalue weighted by atomic mass is 9.87. The highest BCUT2D eigenvalue weighted by Crippen LogP contribution is 2.23. The van der Waals surface area contributed by atoms with Crippen LogP contribution in [0.2, 0.25) is 5.02 Å². The molecular formula is C18H21ClN2O. The maximum atomic E-state index is 11.9. The van der Waals surface area contributed by atoms with Gasteiger partial charge in [-0.3, -0.25) is 4.79 Å². The Hall–Kier alpha value is -2.00. The molecule has 116 valence electrons. The van der Waals surface area contributed by atoms with Gasteiger partial charge in [-0.2, -0.15) is 0 Å². The van der Waals surface area contributed by atoms with E-state index in [1.807, 2.05) is 36.4 Å². The Balaban J connectivity index is 1.89. The lowest BCUT2D eigenvalue weighted by Gasteiger charge is -2.19. The van der Waals surface area contributed by atoms with Crippen molar-refractivity contribution in [3.05, 3.63) is 59.1 Å². The van der Waals surface area contributed by atoms with Crippen LogP contribution in [0.15, 0.2) is 48.5 Å². The van der Waals surface area contributed by atoms with E-state index in [1.165, 1.54) is 5.56 Å². The summed E-state index contributed by atoms with van der Waals surface area (Å²) in [6.07, 6.45) is 0. The molecule has 2 rings (SSSR count). The van der Waals surface area contributed by atoms with Crippen molar-refractivity contribution in [2.24, 2.45) is 0 Å². The van der Waals surface area contributed by atoms with Gasteiger partial charge in [0.2, 0.25) is 5.91 Å². The molecule has 0 spiro atoms. The molecule has 1 amide bonds. The van der Waals surface area contributed by atoms with E-state index in [0.717, 1.165) is 11.4 Å². The molecule has 2 N–H and O–H groups in total. The van der Waals surface area contributed by atoms with Crippen LogP contribution in [0.25, 0.3) is 0 Å². The van der Waals surface area contributed by atoms with Crippen LogP contribution in [-0.4, -0.2) is 12.5 Å². The number of carbonyl (C=O) groups excluding carboxylic acids is 1. The molecule has 0 saturated carbocycles. The summed E-state index contributed by atoms with van der Waals surface area (Å²) in [6, 6.07) is 15.2. The average molecular weight is 317 g/mol. The van der Waals surface area contributed by atoms with Crippen molar-refractivity contribution in [1.29, 1.82) is 0 Å². The maximum absolute atomic E-state index is 11.9. The van der Waals surface area contributed by atoms with Gasteiger partial charge in [-0.05, 0) is 41.3 Å². The minimum Gasteiger partial charge on any atom is -0.376 e. The van der Waals surface area contributed by atoms with Crippen LogP contribution >= 0.6 is 11.6 Å². The molecule has 0 unspecified atom stereocenters. The Labute approximate surface area is 136 Å². The first-order valence-electron chi connectivity index (χ1n) is 7.24. The van der Waals surface area contributed by atoms with Crippen molar-refractivity contribution in [3.8, 4) is 0 Å². The first-order valence-corrected chi connectivity index (χ1v) is 7.62. The fraction of sp³-hybridized carbons (Fsp3) is 0.278. The molecule has 0 heterocycles. The second-order valence-corrected chi connectivity index (χ2v) is 6.68. The van der Waals surface area contributed by atoms with Gasteiger partial charge in [-0.15, -0.1) is 0 Å². The van der Waals surface area contributed by atoms with Crippen LogP contribution in [-0.2, 0) is 10.2 Å². The van der Waals surface area contributed by atoms with E-state index < -0.39 is 0 Å². The molecular weight excluding hydrogens is 296 g/mol. The van der Waals surface area contributed by atoms with Crippen LogP contribution < -0.4 is 10.6 Å². The number of carbonyl (C=O) groups is 1. The third kappa shape index (κ3) is 4.78. The summed E-state index contributed by atoms with van der Waals surface area (Å²) >= 11 is 5.90. The first kappa shape index (κ1) is 16.4. The van der Waals surface area contributed by atoms with Gasteiger partial charge in [-0.1, -0.05) is 50.6 Å². The Kier molecular flexibility index (Phi) is 5.09. The normalized spacial score (nSPS) is 11.1. The van der Waals surface area contributed by atoms with Gasteiger partial charge in [0.1, 0.15) is 0 Å². The zero-order valence-corrected chi connectivity index (χ0v) is 13.9. The molecule has 2 aromatic rings. The highest BCUT2D eigenvalue weighted by molar-refractivity contribution is 6.30. The zero-order valence-electron chi connectivity index (χ0n) is 13.1. The quantitative estimate of drug-likeness (QED) is 0.859. The molecule has 0 aliphatic carbocycles. The Morgan fingerprint density at radius 3 is 2.32 bits per heavy atom. The van der Waals surface area contributed by atoms with Crippen molar-refractivity contribution in [1.82, 2.24) is 0 Å². The summed E-state index contributed by atoms with van der Waals surface area (Å²) in [7, 11) is 0. The second-order valence-electron chi connectivity index (χ2n) is 6.24. The van der Waals surface area contributed by atoms with Gasteiger partial charge < -0.3 is 10.6 Å². The van der Waals surface area contributed by atoms with Crippen molar-refractivity contribution >= 4 is 28.9 Å². The van der Waals surface area contributed by atoms with Crippen LogP contribution in [0.1, 0.15) is 26.3 Å². The number of hydrogen-bond donors (Lipinski definition) is 2. The van der Waals surface area contributed by atoms with E-state index >= 15 is 0 Å². The highest BCUT2D eigenvalue weighted by atomic mass is 35.5. The molecule has 0 aromatic heterocycles. The summed E-state index contributed by atoms with van der Waals surface area (Å²) < 4.78 is 0. The largest absolute Gasteiger partial charge is 0.376 e. The fourth-order valence-corrected chi connectivity index (χ4v) is 2.23. The van der Waals surface area contributed by atoms with Gasteiger partial charge in [0, 0.05) is 16.4 Å². The lowest BCUT2D eigenvalue weighted by Crippen LogP contribution is -2.21. The number of benzene rings is 2. The summed E-state index contributed by atoms with van der Waals surface area (Å²) in [6.45, 7) is 6.68. The number of hydrogen-bond acceptors (Lipinski definition) is 2. The van der Waals surface area contributed by atoms with Crippen molar-refractivity contribution < 1.29 is 4.79 Å². The zero-order chi connectivity index (χ0) is 16.2. The molecule has 0 aliphatic rings. The molecule has 3 nitrogen and oxygen atoms in total. The Morgan fingerprint density at radius 2 is 1.73 bits per heavy atom. The molecule has 0 saturated heterocycles. The molecule has 0 radical (unpaired) electrons. The summed E-state index contributed by atoms with van der Waals surface area (Å²) in [5.41, 5.74) is 2.97. The lowest BCUT2D eigenvalue weighted by molar-refractivity contribution is -0.114. The van der Waals surface area contributed by atoms with E-state index in [-0.39, 0.29) is 17.9 Å². The minimum absolute atomic E-state index is 0.0940. The van der Waals surface area contributed by atoms with E-state index in [4.69, 9.17) is 11.6 Å². The molecule has 4 heteroatoms. The topological polar surface area (TPSA) is 41.1 Å². The average Bonchev–Trinajstić information content (AvgIpc) is 2.45. The van der Waals surface area contributed by atoms with Crippen LogP contribution in [0.3, 0.4) is 0 Å². The monoisotopic (exact) mass is 316 g/mol. The number of rotatable bonds is 4. The van der Waals surface area contributed by atoms with Gasteiger partial charge in [0.15, 0.2) is 0 Å². The third-order valence-electron chi connectivity index (χ3n) is 3.31. The predicted molar refractivity (Wildman–Crippen MR) is 93.7 cm³/mol. The van der Waals surface area contributed by atoms with Crippen LogP contribution in [0, 0.1) is 0 Å².